The third kappa shape index (κ3) is 2.81. The van der Waals surface area contributed by atoms with E-state index < -0.39 is 0 Å². The number of nitrogens with one attached hydrogen (secondary N) is 1. The quantitative estimate of drug-likeness (QED) is 0.512. The Morgan fingerprint density at radius 3 is 2.70 bits per heavy atom. The minimum absolute atomic E-state index is 0.100. The first-order chi connectivity index (χ1) is 13.3. The zero-order valence-corrected chi connectivity index (χ0v) is 14.6. The highest BCUT2D eigenvalue weighted by atomic mass is 16.1. The lowest BCUT2D eigenvalue weighted by molar-refractivity contribution is 0.102. The molecule has 0 radical (unpaired) electrons. The van der Waals surface area contributed by atoms with Crippen molar-refractivity contribution < 1.29 is 4.79 Å². The van der Waals surface area contributed by atoms with Gasteiger partial charge in [0.05, 0.1) is 6.33 Å². The number of rotatable bonds is 3. The SMILES string of the molecule is O=C(Nc1cccc(-n2ccnc2)c1)c1ccc2c(c1)Cc1ccccc1-2. The molecule has 0 aliphatic heterocycles. The number of aromatic nitrogens is 2. The van der Waals surface area contributed by atoms with Crippen LogP contribution in [0.1, 0.15) is 21.5 Å². The Morgan fingerprint density at radius 2 is 1.81 bits per heavy atom. The third-order valence-electron chi connectivity index (χ3n) is 4.96. The number of amides is 1. The lowest BCUT2D eigenvalue weighted by atomic mass is 10.0. The molecule has 3 aromatic carbocycles. The molecule has 130 valence electrons. The van der Waals surface area contributed by atoms with Gasteiger partial charge in [0.15, 0.2) is 0 Å². The van der Waals surface area contributed by atoms with Crippen LogP contribution in [0, 0.1) is 0 Å². The molecule has 0 spiro atoms. The van der Waals surface area contributed by atoms with Gasteiger partial charge in [0.2, 0.25) is 0 Å². The van der Waals surface area contributed by atoms with Gasteiger partial charge in [-0.25, -0.2) is 4.98 Å². The van der Waals surface area contributed by atoms with Crippen molar-refractivity contribution in [2.75, 3.05) is 5.32 Å². The Labute approximate surface area is 157 Å². The number of anilines is 1. The molecule has 5 rings (SSSR count). The lowest BCUT2D eigenvalue weighted by Gasteiger charge is -2.09. The van der Waals surface area contributed by atoms with Crippen molar-refractivity contribution in [2.24, 2.45) is 0 Å². The summed E-state index contributed by atoms with van der Waals surface area (Å²) in [7, 11) is 0. The molecule has 0 bridgehead atoms. The van der Waals surface area contributed by atoms with Crippen LogP contribution >= 0.6 is 0 Å². The zero-order chi connectivity index (χ0) is 18.2. The van der Waals surface area contributed by atoms with Crippen molar-refractivity contribution in [1.82, 2.24) is 9.55 Å². The van der Waals surface area contributed by atoms with Crippen molar-refractivity contribution in [3.05, 3.63) is 102 Å². The first kappa shape index (κ1) is 15.6. The summed E-state index contributed by atoms with van der Waals surface area (Å²) in [6.45, 7) is 0. The highest BCUT2D eigenvalue weighted by Gasteiger charge is 2.19. The van der Waals surface area contributed by atoms with Gasteiger partial charge < -0.3 is 9.88 Å². The Hall–Kier alpha value is -3.66. The fraction of sp³-hybridized carbons (Fsp3) is 0.0435. The van der Waals surface area contributed by atoms with Gasteiger partial charge in [-0.1, -0.05) is 36.4 Å². The zero-order valence-electron chi connectivity index (χ0n) is 14.6. The standard InChI is InChI=1S/C23H17N3O/c27-23(25-19-5-3-6-20(14-19)26-11-10-24-15-26)17-8-9-22-18(13-17)12-16-4-1-2-7-21(16)22/h1-11,13-15H,12H2,(H,25,27). The molecular formula is C23H17N3O. The first-order valence-corrected chi connectivity index (χ1v) is 8.89. The summed E-state index contributed by atoms with van der Waals surface area (Å²) in [5.41, 5.74) is 7.41. The van der Waals surface area contributed by atoms with Gasteiger partial charge in [-0.2, -0.15) is 0 Å². The van der Waals surface area contributed by atoms with E-state index in [1.165, 1.54) is 22.3 Å². The second kappa shape index (κ2) is 6.25. The molecule has 1 aliphatic carbocycles. The number of hydrogen-bond donors (Lipinski definition) is 1. The molecule has 4 heteroatoms. The van der Waals surface area contributed by atoms with E-state index >= 15 is 0 Å². The molecule has 1 aliphatic rings. The number of fused-ring (bicyclic) bond motifs is 3. The largest absolute Gasteiger partial charge is 0.322 e. The maximum absolute atomic E-state index is 12.8. The molecular weight excluding hydrogens is 334 g/mol. The van der Waals surface area contributed by atoms with Crippen LogP contribution < -0.4 is 5.32 Å². The fourth-order valence-corrected chi connectivity index (χ4v) is 3.65. The summed E-state index contributed by atoms with van der Waals surface area (Å²) in [4.78, 5) is 16.8. The minimum atomic E-state index is -0.100. The van der Waals surface area contributed by atoms with Gasteiger partial charge in [-0.3, -0.25) is 4.79 Å². The Morgan fingerprint density at radius 1 is 0.926 bits per heavy atom. The summed E-state index contributed by atoms with van der Waals surface area (Å²) >= 11 is 0. The molecule has 0 saturated heterocycles. The summed E-state index contributed by atoms with van der Waals surface area (Å²) in [6.07, 6.45) is 6.22. The minimum Gasteiger partial charge on any atom is -0.322 e. The van der Waals surface area contributed by atoms with E-state index in [-0.39, 0.29) is 5.91 Å². The van der Waals surface area contributed by atoms with Gasteiger partial charge >= 0.3 is 0 Å². The molecule has 1 amide bonds. The van der Waals surface area contributed by atoms with Crippen LogP contribution in [0.4, 0.5) is 5.69 Å². The monoisotopic (exact) mass is 351 g/mol. The number of hydrogen-bond acceptors (Lipinski definition) is 2. The van der Waals surface area contributed by atoms with E-state index in [9.17, 15) is 4.79 Å². The van der Waals surface area contributed by atoms with Crippen molar-refractivity contribution in [3.8, 4) is 16.8 Å². The van der Waals surface area contributed by atoms with E-state index in [4.69, 9.17) is 0 Å². The second-order valence-corrected chi connectivity index (χ2v) is 6.68. The van der Waals surface area contributed by atoms with Crippen LogP contribution in [0.2, 0.25) is 0 Å². The van der Waals surface area contributed by atoms with Crippen molar-refractivity contribution >= 4 is 11.6 Å². The van der Waals surface area contributed by atoms with Crippen LogP contribution in [0.5, 0.6) is 0 Å². The molecule has 0 fully saturated rings. The maximum Gasteiger partial charge on any atom is 0.255 e. The second-order valence-electron chi connectivity index (χ2n) is 6.68. The predicted octanol–water partition coefficient (Wildman–Crippen LogP) is 4.70. The summed E-state index contributed by atoms with van der Waals surface area (Å²) in [6, 6.07) is 22.1. The van der Waals surface area contributed by atoms with E-state index in [0.717, 1.165) is 17.8 Å². The topological polar surface area (TPSA) is 46.9 Å². The van der Waals surface area contributed by atoms with Crippen molar-refractivity contribution in [1.29, 1.82) is 0 Å². The van der Waals surface area contributed by atoms with Crippen LogP contribution in [-0.2, 0) is 6.42 Å². The molecule has 1 N–H and O–H groups in total. The third-order valence-corrected chi connectivity index (χ3v) is 4.96. The molecule has 1 aromatic heterocycles. The van der Waals surface area contributed by atoms with Crippen molar-refractivity contribution in [3.63, 3.8) is 0 Å². The number of benzene rings is 3. The maximum atomic E-state index is 12.8. The van der Waals surface area contributed by atoms with E-state index in [0.29, 0.717) is 5.56 Å². The Balaban J connectivity index is 1.40. The molecule has 0 saturated carbocycles. The van der Waals surface area contributed by atoms with Gasteiger partial charge in [0, 0.05) is 29.3 Å². The number of nitrogens with zero attached hydrogens (tertiary/aromatic N) is 2. The highest BCUT2D eigenvalue weighted by Crippen LogP contribution is 2.36. The number of imidazole rings is 1. The predicted molar refractivity (Wildman–Crippen MR) is 106 cm³/mol. The Bertz CT molecular complexity index is 1150. The molecule has 4 aromatic rings. The summed E-state index contributed by atoms with van der Waals surface area (Å²) in [5.74, 6) is -0.100. The lowest BCUT2D eigenvalue weighted by Crippen LogP contribution is -2.12. The van der Waals surface area contributed by atoms with Crippen molar-refractivity contribution in [2.45, 2.75) is 6.42 Å². The smallest absolute Gasteiger partial charge is 0.255 e. The van der Waals surface area contributed by atoms with Gasteiger partial charge in [-0.15, -0.1) is 0 Å². The normalized spacial score (nSPS) is 11.7. The van der Waals surface area contributed by atoms with E-state index in [1.54, 1.807) is 12.5 Å². The molecule has 27 heavy (non-hydrogen) atoms. The van der Waals surface area contributed by atoms with Crippen LogP contribution in [0.3, 0.4) is 0 Å². The summed E-state index contributed by atoms with van der Waals surface area (Å²) in [5, 5.41) is 3.00. The molecule has 0 atom stereocenters. The van der Waals surface area contributed by atoms with Gasteiger partial charge in [0.25, 0.3) is 5.91 Å². The highest BCUT2D eigenvalue weighted by molar-refractivity contribution is 6.05. The summed E-state index contributed by atoms with van der Waals surface area (Å²) < 4.78 is 1.91. The molecule has 0 unspecified atom stereocenters. The average molecular weight is 351 g/mol. The van der Waals surface area contributed by atoms with Crippen LogP contribution in [0.15, 0.2) is 85.5 Å². The number of carbonyl (C=O) groups is 1. The number of carbonyl (C=O) groups excluding carboxylic acids is 1. The first-order valence-electron chi connectivity index (χ1n) is 8.89. The Kier molecular flexibility index (Phi) is 3.61. The van der Waals surface area contributed by atoms with Gasteiger partial charge in [-0.05, 0) is 59.0 Å². The molecule has 4 nitrogen and oxygen atoms in total. The van der Waals surface area contributed by atoms with Crippen LogP contribution in [0.25, 0.3) is 16.8 Å². The van der Waals surface area contributed by atoms with E-state index in [2.05, 4.69) is 40.6 Å². The average Bonchev–Trinajstić information content (AvgIpc) is 3.35. The molecule has 1 heterocycles. The van der Waals surface area contributed by atoms with E-state index in [1.807, 2.05) is 47.2 Å². The van der Waals surface area contributed by atoms with Crippen LogP contribution in [-0.4, -0.2) is 15.5 Å². The van der Waals surface area contributed by atoms with Gasteiger partial charge in [0.1, 0.15) is 0 Å². The fourth-order valence-electron chi connectivity index (χ4n) is 3.65.